The van der Waals surface area contributed by atoms with Crippen molar-refractivity contribution >= 4 is 17.3 Å². The minimum Gasteiger partial charge on any atom is -0.454 e. The van der Waals surface area contributed by atoms with E-state index in [9.17, 15) is 4.79 Å². The molecule has 1 atom stereocenters. The van der Waals surface area contributed by atoms with Crippen molar-refractivity contribution in [2.24, 2.45) is 0 Å². The van der Waals surface area contributed by atoms with Crippen LogP contribution in [0.25, 0.3) is 17.0 Å². The van der Waals surface area contributed by atoms with E-state index < -0.39 is 6.04 Å². The monoisotopic (exact) mass is 480 g/mol. The van der Waals surface area contributed by atoms with Gasteiger partial charge in [-0.25, -0.2) is 4.79 Å². The van der Waals surface area contributed by atoms with E-state index in [1.807, 2.05) is 79.7 Å². The van der Waals surface area contributed by atoms with Gasteiger partial charge in [-0.05, 0) is 54.8 Å². The number of hydrogen-bond donors (Lipinski definition) is 1. The Kier molecular flexibility index (Phi) is 5.41. The fraction of sp³-hybridized carbons (Fsp3) is 0.179. The summed E-state index contributed by atoms with van der Waals surface area (Å²) in [6, 6.07) is 22.6. The lowest BCUT2D eigenvalue weighted by Crippen LogP contribution is -2.46. The molecule has 3 heterocycles. The van der Waals surface area contributed by atoms with Crippen molar-refractivity contribution in [2.75, 3.05) is 11.7 Å². The SMILES string of the molecule is CCc1ccc(N2C(=O)NC(c3ccccc3)C(c3nc(-c4ccc5c(c4)OCO5)no3)=C2C)cc1. The molecule has 1 unspecified atom stereocenters. The standard InChI is InChI=1S/C28H24N4O4/c1-3-18-9-12-21(13-10-18)32-17(2)24(25(29-28(32)33)19-7-5-4-6-8-19)27-30-26(31-36-27)20-11-14-22-23(15-20)35-16-34-22/h4-15,25H,3,16H2,1-2H3,(H,29,33). The van der Waals surface area contributed by atoms with Gasteiger partial charge in [0.2, 0.25) is 12.6 Å². The number of allylic oxidation sites excluding steroid dienone is 1. The Balaban J connectivity index is 1.45. The van der Waals surface area contributed by atoms with Gasteiger partial charge in [0.05, 0.1) is 17.3 Å². The Hall–Kier alpha value is -4.59. The Labute approximate surface area is 208 Å². The van der Waals surface area contributed by atoms with Crippen molar-refractivity contribution < 1.29 is 18.8 Å². The molecule has 2 amide bonds. The number of nitrogens with zero attached hydrogens (tertiary/aromatic N) is 3. The number of ether oxygens (including phenoxy) is 2. The number of anilines is 1. The van der Waals surface area contributed by atoms with Gasteiger partial charge >= 0.3 is 6.03 Å². The maximum atomic E-state index is 13.3. The van der Waals surface area contributed by atoms with Crippen molar-refractivity contribution in [3.8, 4) is 22.9 Å². The summed E-state index contributed by atoms with van der Waals surface area (Å²) < 4.78 is 16.7. The Bertz CT molecular complexity index is 1460. The maximum Gasteiger partial charge on any atom is 0.326 e. The average molecular weight is 481 g/mol. The molecule has 0 spiro atoms. The van der Waals surface area contributed by atoms with E-state index in [1.165, 1.54) is 5.56 Å². The van der Waals surface area contributed by atoms with E-state index >= 15 is 0 Å². The van der Waals surface area contributed by atoms with Gasteiger partial charge in [0.25, 0.3) is 5.89 Å². The van der Waals surface area contributed by atoms with Crippen LogP contribution in [0, 0.1) is 0 Å². The van der Waals surface area contributed by atoms with Gasteiger partial charge in [-0.2, -0.15) is 4.98 Å². The lowest BCUT2D eigenvalue weighted by Gasteiger charge is -2.35. The van der Waals surface area contributed by atoms with E-state index in [0.717, 1.165) is 34.5 Å². The lowest BCUT2D eigenvalue weighted by molar-refractivity contribution is 0.174. The maximum absolute atomic E-state index is 13.3. The molecule has 0 radical (unpaired) electrons. The summed E-state index contributed by atoms with van der Waals surface area (Å²) in [7, 11) is 0. The predicted molar refractivity (Wildman–Crippen MR) is 134 cm³/mol. The highest BCUT2D eigenvalue weighted by Gasteiger charge is 2.36. The van der Waals surface area contributed by atoms with E-state index in [0.29, 0.717) is 23.2 Å². The number of benzene rings is 3. The molecule has 0 aliphatic carbocycles. The van der Waals surface area contributed by atoms with Gasteiger partial charge in [-0.3, -0.25) is 4.90 Å². The molecule has 3 aromatic carbocycles. The number of fused-ring (bicyclic) bond motifs is 1. The summed E-state index contributed by atoms with van der Waals surface area (Å²) in [4.78, 5) is 19.7. The second-order valence-electron chi connectivity index (χ2n) is 8.64. The second-order valence-corrected chi connectivity index (χ2v) is 8.64. The lowest BCUT2D eigenvalue weighted by atomic mass is 9.94. The van der Waals surface area contributed by atoms with Crippen molar-refractivity contribution in [3.05, 3.63) is 95.5 Å². The van der Waals surface area contributed by atoms with Crippen LogP contribution in [0.1, 0.15) is 36.9 Å². The molecule has 180 valence electrons. The second kappa shape index (κ2) is 8.88. The van der Waals surface area contributed by atoms with Crippen LogP contribution in [0.3, 0.4) is 0 Å². The molecule has 4 aromatic rings. The third-order valence-corrected chi connectivity index (χ3v) is 6.51. The quantitative estimate of drug-likeness (QED) is 0.392. The van der Waals surface area contributed by atoms with Crippen molar-refractivity contribution in [1.29, 1.82) is 0 Å². The number of aromatic nitrogens is 2. The van der Waals surface area contributed by atoms with Crippen LogP contribution in [-0.4, -0.2) is 23.0 Å². The zero-order chi connectivity index (χ0) is 24.6. The van der Waals surface area contributed by atoms with Crippen molar-refractivity contribution in [1.82, 2.24) is 15.5 Å². The minimum absolute atomic E-state index is 0.190. The third kappa shape index (κ3) is 3.76. The first-order valence-corrected chi connectivity index (χ1v) is 11.8. The Morgan fingerprint density at radius 3 is 2.56 bits per heavy atom. The Morgan fingerprint density at radius 1 is 1.00 bits per heavy atom. The molecule has 36 heavy (non-hydrogen) atoms. The molecule has 8 heteroatoms. The molecular formula is C28H24N4O4. The molecule has 1 N–H and O–H groups in total. The third-order valence-electron chi connectivity index (χ3n) is 6.51. The number of nitrogens with one attached hydrogen (secondary N) is 1. The molecule has 0 saturated heterocycles. The van der Waals surface area contributed by atoms with Gasteiger partial charge in [0.1, 0.15) is 0 Å². The highest BCUT2D eigenvalue weighted by Crippen LogP contribution is 2.40. The van der Waals surface area contributed by atoms with Gasteiger partial charge in [-0.1, -0.05) is 54.5 Å². The van der Waals surface area contributed by atoms with Crippen LogP contribution in [-0.2, 0) is 6.42 Å². The van der Waals surface area contributed by atoms with E-state index in [-0.39, 0.29) is 12.8 Å². The summed E-state index contributed by atoms with van der Waals surface area (Å²) in [6.07, 6.45) is 0.924. The first-order chi connectivity index (χ1) is 17.6. The molecule has 2 aliphatic heterocycles. The van der Waals surface area contributed by atoms with Crippen LogP contribution in [0.2, 0.25) is 0 Å². The number of carbonyl (C=O) groups excluding carboxylic acids is 1. The molecular weight excluding hydrogens is 456 g/mol. The van der Waals surface area contributed by atoms with E-state index in [1.54, 1.807) is 4.90 Å². The van der Waals surface area contributed by atoms with Crippen molar-refractivity contribution in [2.45, 2.75) is 26.3 Å². The molecule has 6 rings (SSSR count). The Morgan fingerprint density at radius 2 is 1.78 bits per heavy atom. The number of rotatable bonds is 5. The summed E-state index contributed by atoms with van der Waals surface area (Å²) in [5.74, 6) is 2.09. The predicted octanol–water partition coefficient (Wildman–Crippen LogP) is 5.73. The summed E-state index contributed by atoms with van der Waals surface area (Å²) in [6.45, 7) is 4.20. The minimum atomic E-state index is -0.449. The van der Waals surface area contributed by atoms with Crippen LogP contribution in [0.5, 0.6) is 11.5 Å². The van der Waals surface area contributed by atoms with Crippen LogP contribution in [0.4, 0.5) is 10.5 Å². The zero-order valence-electron chi connectivity index (χ0n) is 19.9. The zero-order valence-corrected chi connectivity index (χ0v) is 19.9. The van der Waals surface area contributed by atoms with E-state index in [4.69, 9.17) is 19.0 Å². The van der Waals surface area contributed by atoms with E-state index in [2.05, 4.69) is 17.4 Å². The molecule has 8 nitrogen and oxygen atoms in total. The number of amides is 2. The average Bonchev–Trinajstić information content (AvgIpc) is 3.59. The number of aryl methyl sites for hydroxylation is 1. The van der Waals surface area contributed by atoms with Crippen LogP contribution < -0.4 is 19.7 Å². The highest BCUT2D eigenvalue weighted by molar-refractivity contribution is 6.01. The molecule has 0 fully saturated rings. The fourth-order valence-electron chi connectivity index (χ4n) is 4.59. The normalized spacial score (nSPS) is 16.9. The van der Waals surface area contributed by atoms with Gasteiger partial charge in [-0.15, -0.1) is 0 Å². The first-order valence-electron chi connectivity index (χ1n) is 11.8. The summed E-state index contributed by atoms with van der Waals surface area (Å²) >= 11 is 0. The largest absolute Gasteiger partial charge is 0.454 e. The van der Waals surface area contributed by atoms with Gasteiger partial charge in [0.15, 0.2) is 11.5 Å². The van der Waals surface area contributed by atoms with Crippen molar-refractivity contribution in [3.63, 3.8) is 0 Å². The number of urea groups is 1. The summed E-state index contributed by atoms with van der Waals surface area (Å²) in [5.41, 5.74) is 5.09. The highest BCUT2D eigenvalue weighted by atomic mass is 16.7. The topological polar surface area (TPSA) is 89.7 Å². The number of carbonyl (C=O) groups is 1. The smallest absolute Gasteiger partial charge is 0.326 e. The fourth-order valence-corrected chi connectivity index (χ4v) is 4.59. The molecule has 1 aromatic heterocycles. The number of hydrogen-bond acceptors (Lipinski definition) is 6. The molecule has 2 aliphatic rings. The molecule has 0 bridgehead atoms. The van der Waals surface area contributed by atoms with Gasteiger partial charge < -0.3 is 19.3 Å². The van der Waals surface area contributed by atoms with Gasteiger partial charge in [0, 0.05) is 11.3 Å². The van der Waals surface area contributed by atoms with Crippen LogP contribution >= 0.6 is 0 Å². The molecule has 0 saturated carbocycles. The van der Waals surface area contributed by atoms with Crippen LogP contribution in [0.15, 0.2) is 83.0 Å². The summed E-state index contributed by atoms with van der Waals surface area (Å²) in [5, 5.41) is 7.38. The first kappa shape index (κ1) is 21.9.